The van der Waals surface area contributed by atoms with Gasteiger partial charge < -0.3 is 38.5 Å². The number of amides is 4. The maximum absolute atomic E-state index is 13.7. The Morgan fingerprint density at radius 1 is 0.285 bits per heavy atom. The zero-order chi connectivity index (χ0) is 101. The molecule has 20 rings (SSSR count). The van der Waals surface area contributed by atoms with E-state index in [9.17, 15) is 55.2 Å². The lowest BCUT2D eigenvalue weighted by Crippen LogP contribution is -2.35. The van der Waals surface area contributed by atoms with E-state index in [-0.39, 0.29) is 108 Å². The number of ether oxygens (including phenoxy) is 4. The number of sulfone groups is 2. The van der Waals surface area contributed by atoms with Gasteiger partial charge in [0.2, 0.25) is 23.6 Å². The molecule has 0 saturated heterocycles. The van der Waals surface area contributed by atoms with E-state index in [0.29, 0.717) is 83.9 Å². The van der Waals surface area contributed by atoms with Gasteiger partial charge in [-0.3, -0.25) is 38.4 Å². The molecule has 12 aromatic carbocycles. The van der Waals surface area contributed by atoms with Crippen LogP contribution < -0.4 is 38.5 Å². The van der Waals surface area contributed by atoms with Gasteiger partial charge in [-0.2, -0.15) is 0 Å². The summed E-state index contributed by atoms with van der Waals surface area (Å²) < 4.78 is 74.8. The van der Waals surface area contributed by atoms with Gasteiger partial charge >= 0.3 is 0 Å². The topological polar surface area (TPSA) is 255 Å². The molecule has 0 fully saturated rings. The fourth-order valence-electron chi connectivity index (χ4n) is 20.7. The molecule has 0 unspecified atom stereocenters. The third-order valence-electron chi connectivity index (χ3n) is 28.3. The summed E-state index contributed by atoms with van der Waals surface area (Å²) in [6.45, 7) is 0. The molecule has 4 aliphatic carbocycles. The van der Waals surface area contributed by atoms with Crippen LogP contribution in [-0.4, -0.2) is 132 Å². The second-order valence-corrected chi connectivity index (χ2v) is 44.1. The highest BCUT2D eigenvalue weighted by atomic mass is 32.2. The third-order valence-corrected chi connectivity index (χ3v) is 34.2. The third kappa shape index (κ3) is 23.9. The van der Waals surface area contributed by atoms with Crippen molar-refractivity contribution in [2.45, 2.75) is 124 Å². The van der Waals surface area contributed by atoms with Gasteiger partial charge in [0, 0.05) is 155 Å². The van der Waals surface area contributed by atoms with Crippen molar-refractivity contribution in [3.63, 3.8) is 0 Å². The first kappa shape index (κ1) is 101. The summed E-state index contributed by atoms with van der Waals surface area (Å²) in [4.78, 5) is 118. The molecule has 4 heterocycles. The Labute approximate surface area is 851 Å². The van der Waals surface area contributed by atoms with Crippen LogP contribution in [0.1, 0.15) is 129 Å². The van der Waals surface area contributed by atoms with Gasteiger partial charge in [0.05, 0.1) is 49.7 Å². The van der Waals surface area contributed by atoms with Gasteiger partial charge in [0.1, 0.15) is 46.1 Å². The summed E-state index contributed by atoms with van der Waals surface area (Å²) in [5, 5.41) is 0. The molecule has 4 amide bonds. The average molecular weight is 2000 g/mol. The van der Waals surface area contributed by atoms with Crippen LogP contribution in [0.2, 0.25) is 0 Å². The highest BCUT2D eigenvalue weighted by Gasteiger charge is 2.39. The van der Waals surface area contributed by atoms with Crippen molar-refractivity contribution in [3.05, 3.63) is 390 Å². The number of carbonyl (C=O) groups is 8. The van der Waals surface area contributed by atoms with Gasteiger partial charge in [-0.15, -0.1) is 23.5 Å². The SMILES string of the molecule is COc1ccc(N(C)C(=O)[C@H]2CC(=O)CC3=C(CSc4cccc(c4)C2)Cc2ccccc23)cc1.COc1ccc(N(C)C(=O)[C@H]2CC(=O)CC3=C(Cc4ccccc43)CS(=O)(=O)c3cccc(c3)C2)cc1.COc1ccc(N(C)C(=O)[C@H]2CC(=O)CC3=C(Cc4ccccc43)S(=O)(=O)Cc3cccc(c3)C2)cc1.COc1ccc(N(C)C(=O)[C@H]2CC(=O)CC3=C(Cc4ccccc43)SCc3cccc(c3)C2)cc1. The molecule has 144 heavy (non-hydrogen) atoms. The number of rotatable bonds is 12. The van der Waals surface area contributed by atoms with Gasteiger partial charge in [-0.05, 0) is 271 Å². The Morgan fingerprint density at radius 3 is 1.04 bits per heavy atom. The summed E-state index contributed by atoms with van der Waals surface area (Å²) >= 11 is 3.65. The van der Waals surface area contributed by atoms with Crippen LogP contribution in [0.3, 0.4) is 0 Å². The number of Topliss-reactive ketones (excluding diaryl/α,β-unsaturated/α-hetero) is 4. The number of carbonyl (C=O) groups excluding carboxylic acids is 8. The van der Waals surface area contributed by atoms with E-state index in [1.165, 1.54) is 43.2 Å². The van der Waals surface area contributed by atoms with E-state index in [1.807, 2.05) is 169 Å². The minimum absolute atomic E-state index is 0.00442. The molecular formula is C120H116N4O16S4. The van der Waals surface area contributed by atoms with Gasteiger partial charge in [0.25, 0.3) is 0 Å². The lowest BCUT2D eigenvalue weighted by Gasteiger charge is -2.24. The van der Waals surface area contributed by atoms with Gasteiger partial charge in [-0.1, -0.05) is 175 Å². The first-order valence-corrected chi connectivity index (χ1v) is 53.8. The Balaban J connectivity index is 0.000000132. The molecule has 736 valence electrons. The molecule has 0 spiro atoms. The molecule has 4 atom stereocenters. The fraction of sp³-hybridized carbons (Fsp3) is 0.267. The van der Waals surface area contributed by atoms with E-state index in [0.717, 1.165) is 114 Å². The zero-order valence-corrected chi connectivity index (χ0v) is 85.4. The molecule has 0 aromatic heterocycles. The monoisotopic (exact) mass is 2000 g/mol. The molecule has 4 aliphatic heterocycles. The molecule has 20 nitrogen and oxygen atoms in total. The van der Waals surface area contributed by atoms with E-state index in [2.05, 4.69) is 84.9 Å². The normalized spacial score (nSPS) is 18.2. The van der Waals surface area contributed by atoms with Crippen molar-refractivity contribution in [3.8, 4) is 23.0 Å². The Bertz CT molecular complexity index is 7130. The lowest BCUT2D eigenvalue weighted by molar-refractivity contribution is -0.127. The van der Waals surface area contributed by atoms with E-state index in [4.69, 9.17) is 18.9 Å². The van der Waals surface area contributed by atoms with Crippen LogP contribution in [0, 0.1) is 23.7 Å². The maximum atomic E-state index is 13.7. The number of hydrogen-bond donors (Lipinski definition) is 0. The first-order chi connectivity index (χ1) is 69.5. The second kappa shape index (κ2) is 45.3. The predicted octanol–water partition coefficient (Wildman–Crippen LogP) is 21.5. The number of anilines is 4. The van der Waals surface area contributed by atoms with Crippen LogP contribution in [-0.2, 0) is 121 Å². The van der Waals surface area contributed by atoms with Gasteiger partial charge in [0.15, 0.2) is 19.7 Å². The summed E-state index contributed by atoms with van der Waals surface area (Å²) in [7, 11) is 6.14. The predicted molar refractivity (Wildman–Crippen MR) is 572 cm³/mol. The van der Waals surface area contributed by atoms with Crippen LogP contribution in [0.5, 0.6) is 23.0 Å². The summed E-state index contributed by atoms with van der Waals surface area (Å²) in [5.41, 5.74) is 23.1. The van der Waals surface area contributed by atoms with Crippen LogP contribution in [0.25, 0.3) is 22.3 Å². The van der Waals surface area contributed by atoms with Crippen molar-refractivity contribution in [2.24, 2.45) is 23.7 Å². The molecule has 12 aromatic rings. The minimum Gasteiger partial charge on any atom is -0.497 e. The zero-order valence-electron chi connectivity index (χ0n) is 82.1. The number of hydrogen-bond acceptors (Lipinski definition) is 18. The van der Waals surface area contributed by atoms with Crippen molar-refractivity contribution in [1.29, 1.82) is 0 Å². The van der Waals surface area contributed by atoms with Crippen molar-refractivity contribution in [2.75, 3.05) is 87.7 Å². The molecule has 0 saturated carbocycles. The standard InChI is InChI=1S/2C30H29NO5S.2C30H29NO3S/c1-31(24-10-12-26(36-2)13-11-24)30(33)23-15-20-6-5-7-21(14-20)19-37(34,35)29-17-22-8-3-4-9-27(22)28(29)18-25(32)16-23;1-31(24-10-12-26(36-2)13-11-24)30(33)22-14-20-6-5-8-27(15-20)37(34,35)19-23-16-21-7-3-4-9-28(21)29(23)18-25(32)17-22;1-31(24-10-12-26(34-2)13-11-24)30(33)23-15-20-6-5-7-21(14-20)19-35-29-17-22-8-3-4-9-27(22)28(29)18-25(32)16-23;1-31(24-10-12-26(34-2)13-11-24)30(33)22-14-20-6-5-8-27(15-20)35-19-23-16-21-7-3-4-9-28(21)29(23)18-25(32)17-22/h3-14,23H,15-19H2,1-2H3;3-13,15,22H,14,16-19H2,1-2H3;3-14,23H,15-19H2,1-2H3;3-13,15,22H,14,16-19H2,1-2H3/t23-;22-;23-;22-/m1111/s1. The highest BCUT2D eigenvalue weighted by Crippen LogP contribution is 2.47. The van der Waals surface area contributed by atoms with Crippen LogP contribution in [0.4, 0.5) is 22.7 Å². The lowest BCUT2D eigenvalue weighted by atomic mass is 9.89. The Kier molecular flexibility index (Phi) is 31.9. The first-order valence-electron chi connectivity index (χ1n) is 48.5. The van der Waals surface area contributed by atoms with Crippen molar-refractivity contribution < 1.29 is 74.1 Å². The quantitative estimate of drug-likeness (QED) is 0.110. The number of methoxy groups -OCH3 is 4. The van der Waals surface area contributed by atoms with E-state index in [1.54, 1.807) is 137 Å². The number of allylic oxidation sites excluding steroid dienone is 6. The molecule has 8 bridgehead atoms. The maximum Gasteiger partial charge on any atom is 0.230 e. The number of thioether (sulfide) groups is 2. The summed E-state index contributed by atoms with van der Waals surface area (Å²) in [6, 6.07) is 92.4. The van der Waals surface area contributed by atoms with Crippen LogP contribution >= 0.6 is 23.5 Å². The van der Waals surface area contributed by atoms with Gasteiger partial charge in [-0.25, -0.2) is 16.8 Å². The fourth-order valence-corrected chi connectivity index (χ4v) is 26.1. The smallest absolute Gasteiger partial charge is 0.230 e. The molecular weight excluding hydrogens is 1880 g/mol. The Morgan fingerprint density at radius 2 is 0.611 bits per heavy atom. The van der Waals surface area contributed by atoms with Crippen LogP contribution in [0.15, 0.2) is 322 Å². The van der Waals surface area contributed by atoms with Crippen molar-refractivity contribution >= 4 is 135 Å². The second-order valence-electron chi connectivity index (χ2n) is 38.0. The summed E-state index contributed by atoms with van der Waals surface area (Å²) in [6.07, 6.45) is 5.75. The van der Waals surface area contributed by atoms with E-state index < -0.39 is 43.3 Å². The number of benzene rings is 12. The average Bonchev–Trinajstić information content (AvgIpc) is 1.62. The minimum atomic E-state index is -3.62. The Hall–Kier alpha value is -14.0. The molecule has 0 N–H and O–H groups in total. The molecule has 24 heteroatoms. The molecule has 8 aliphatic rings. The number of nitrogens with zero attached hydrogens (tertiary/aromatic N) is 4. The largest absolute Gasteiger partial charge is 0.497 e. The van der Waals surface area contributed by atoms with E-state index >= 15 is 0 Å². The number of fused-ring (bicyclic) bond motifs is 16. The highest BCUT2D eigenvalue weighted by molar-refractivity contribution is 8.02. The van der Waals surface area contributed by atoms with Crippen molar-refractivity contribution in [1.82, 2.24) is 0 Å². The number of ketones is 4. The summed E-state index contributed by atoms with van der Waals surface area (Å²) in [5.74, 6) is 1.91. The molecule has 0 radical (unpaired) electrons.